The number of nitrogens with zero attached hydrogens (tertiary/aromatic N) is 2. The van der Waals surface area contributed by atoms with Gasteiger partial charge in [-0.15, -0.1) is 0 Å². The summed E-state index contributed by atoms with van der Waals surface area (Å²) in [6.07, 6.45) is 6.83. The molecule has 47 heavy (non-hydrogen) atoms. The zero-order valence-electron chi connectivity index (χ0n) is 28.0. The third kappa shape index (κ3) is 9.90. The highest BCUT2D eigenvalue weighted by Gasteiger charge is 2.32. The molecule has 0 radical (unpaired) electrons. The van der Waals surface area contributed by atoms with E-state index in [9.17, 15) is 27.5 Å². The van der Waals surface area contributed by atoms with Crippen molar-refractivity contribution in [2.45, 2.75) is 95.3 Å². The molecule has 12 heteroatoms. The first-order valence-electron chi connectivity index (χ1n) is 16.8. The number of anilines is 1. The fourth-order valence-corrected chi connectivity index (χ4v) is 7.35. The molecule has 0 unspecified atom stereocenters. The number of carbonyl (C=O) groups is 2. The van der Waals surface area contributed by atoms with Gasteiger partial charge in [-0.05, 0) is 88.4 Å². The predicted molar refractivity (Wildman–Crippen MR) is 178 cm³/mol. The molecule has 1 heterocycles. The molecule has 0 saturated heterocycles. The van der Waals surface area contributed by atoms with Gasteiger partial charge in [-0.1, -0.05) is 26.2 Å². The number of likely N-dealkylation sites (N-methyl/N-ethyl adjacent to an activating group) is 1. The molecular weight excluding hydrogens is 625 g/mol. The number of hydrogen-bond donors (Lipinski definition) is 2. The van der Waals surface area contributed by atoms with Crippen LogP contribution in [0.15, 0.2) is 47.4 Å². The van der Waals surface area contributed by atoms with Crippen LogP contribution in [0.5, 0.6) is 5.75 Å². The number of fused-ring (bicyclic) bond motifs is 1. The smallest absolute Gasteiger partial charge is 0.261 e. The minimum Gasteiger partial charge on any atom is -0.490 e. The van der Waals surface area contributed by atoms with Crippen molar-refractivity contribution < 1.29 is 37.0 Å². The zero-order chi connectivity index (χ0) is 34.1. The van der Waals surface area contributed by atoms with Crippen LogP contribution in [0.2, 0.25) is 0 Å². The van der Waals surface area contributed by atoms with Crippen molar-refractivity contribution in [3.8, 4) is 5.75 Å². The number of sulfonamides is 1. The summed E-state index contributed by atoms with van der Waals surface area (Å²) in [5, 5.41) is 10.2. The molecule has 2 aliphatic rings. The van der Waals surface area contributed by atoms with Crippen LogP contribution in [0.1, 0.15) is 82.5 Å². The minimum atomic E-state index is -4.08. The van der Waals surface area contributed by atoms with E-state index in [2.05, 4.69) is 4.72 Å². The predicted octanol–water partition coefficient (Wildman–Crippen LogP) is 5.46. The molecule has 1 aliphatic carbocycles. The van der Waals surface area contributed by atoms with Crippen LogP contribution >= 0.6 is 0 Å². The molecule has 1 fully saturated rings. The SMILES string of the molecule is C[C@H](CO)N1C[C@H](C)[C@H](CN(C)C(=O)C2CCCCC2)OCCCC[C@H](C)Oc2ccc(NS(=O)(=O)c3ccc(F)cc3)cc2C1=O. The molecule has 4 atom stereocenters. The Morgan fingerprint density at radius 2 is 1.74 bits per heavy atom. The molecular formula is C35H50FN3O7S. The molecule has 0 aromatic heterocycles. The summed E-state index contributed by atoms with van der Waals surface area (Å²) in [5.74, 6) is -0.742. The van der Waals surface area contributed by atoms with Crippen LogP contribution < -0.4 is 9.46 Å². The van der Waals surface area contributed by atoms with E-state index in [0.29, 0.717) is 25.3 Å². The number of rotatable bonds is 8. The van der Waals surface area contributed by atoms with Gasteiger partial charge in [0.05, 0.1) is 35.3 Å². The molecule has 2 N–H and O–H groups in total. The van der Waals surface area contributed by atoms with Crippen LogP contribution in [0.4, 0.5) is 10.1 Å². The largest absolute Gasteiger partial charge is 0.490 e. The number of carbonyl (C=O) groups excluding carboxylic acids is 2. The van der Waals surface area contributed by atoms with Gasteiger partial charge in [-0.2, -0.15) is 0 Å². The van der Waals surface area contributed by atoms with Crippen molar-refractivity contribution in [1.82, 2.24) is 9.80 Å². The van der Waals surface area contributed by atoms with E-state index in [4.69, 9.17) is 9.47 Å². The number of amides is 2. The van der Waals surface area contributed by atoms with Crippen molar-refractivity contribution in [2.75, 3.05) is 38.1 Å². The Labute approximate surface area is 278 Å². The third-order valence-electron chi connectivity index (χ3n) is 9.21. The van der Waals surface area contributed by atoms with Gasteiger partial charge < -0.3 is 24.4 Å². The molecule has 260 valence electrons. The van der Waals surface area contributed by atoms with Crippen molar-refractivity contribution in [3.05, 3.63) is 53.8 Å². The Morgan fingerprint density at radius 3 is 2.43 bits per heavy atom. The molecule has 0 bridgehead atoms. The van der Waals surface area contributed by atoms with Gasteiger partial charge in [-0.3, -0.25) is 14.3 Å². The lowest BCUT2D eigenvalue weighted by Crippen LogP contribution is -2.48. The standard InChI is InChI=1S/C35H50FN3O7S/c1-24-21-39(25(2)23-40)35(42)31-20-29(37-47(43,44)30-16-13-28(36)14-17-30)15-18-32(31)46-26(3)10-8-9-19-45-33(24)22-38(4)34(41)27-11-6-5-7-12-27/h13-18,20,24-27,33,37,40H,5-12,19,21-23H2,1-4H3/t24-,25+,26-,33-/m0/s1. The van der Waals surface area contributed by atoms with Crippen LogP contribution in [0, 0.1) is 17.7 Å². The summed E-state index contributed by atoms with van der Waals surface area (Å²) in [5.41, 5.74) is 0.273. The van der Waals surface area contributed by atoms with Crippen LogP contribution in [0.25, 0.3) is 0 Å². The maximum absolute atomic E-state index is 14.3. The first kappa shape index (κ1) is 36.6. The first-order valence-corrected chi connectivity index (χ1v) is 18.3. The Kier molecular flexibility index (Phi) is 13.0. The van der Waals surface area contributed by atoms with Gasteiger partial charge >= 0.3 is 0 Å². The Hall–Kier alpha value is -3.22. The number of nitrogens with one attached hydrogen (secondary N) is 1. The highest BCUT2D eigenvalue weighted by molar-refractivity contribution is 7.92. The monoisotopic (exact) mass is 675 g/mol. The summed E-state index contributed by atoms with van der Waals surface area (Å²) >= 11 is 0. The fraction of sp³-hybridized carbons (Fsp3) is 0.600. The Bertz CT molecular complexity index is 1450. The van der Waals surface area contributed by atoms with Gasteiger partial charge in [-0.25, -0.2) is 12.8 Å². The normalized spacial score (nSPS) is 22.8. The first-order chi connectivity index (χ1) is 22.4. The maximum Gasteiger partial charge on any atom is 0.261 e. The molecule has 1 aliphatic heterocycles. The summed E-state index contributed by atoms with van der Waals surface area (Å²) in [4.78, 5) is 30.9. The van der Waals surface area contributed by atoms with Crippen molar-refractivity contribution >= 4 is 27.5 Å². The second kappa shape index (κ2) is 16.7. The summed E-state index contributed by atoms with van der Waals surface area (Å²) < 4.78 is 54.7. The van der Waals surface area contributed by atoms with Gasteiger partial charge in [0.15, 0.2) is 0 Å². The average Bonchev–Trinajstić information content (AvgIpc) is 3.06. The van der Waals surface area contributed by atoms with E-state index in [1.807, 2.05) is 20.9 Å². The van der Waals surface area contributed by atoms with E-state index in [1.54, 1.807) is 22.8 Å². The Morgan fingerprint density at radius 1 is 1.06 bits per heavy atom. The van der Waals surface area contributed by atoms with E-state index >= 15 is 0 Å². The number of hydrogen-bond acceptors (Lipinski definition) is 7. The van der Waals surface area contributed by atoms with Crippen molar-refractivity contribution in [2.24, 2.45) is 11.8 Å². The lowest BCUT2D eigenvalue weighted by atomic mass is 9.88. The molecule has 2 amide bonds. The van der Waals surface area contributed by atoms with Crippen LogP contribution in [-0.4, -0.2) is 86.7 Å². The number of ether oxygens (including phenoxy) is 2. The second-order valence-electron chi connectivity index (χ2n) is 13.1. The van der Waals surface area contributed by atoms with Gasteiger partial charge in [0.1, 0.15) is 11.6 Å². The fourth-order valence-electron chi connectivity index (χ4n) is 6.30. The van der Waals surface area contributed by atoms with Gasteiger partial charge in [0, 0.05) is 44.3 Å². The van der Waals surface area contributed by atoms with Gasteiger partial charge in [0.2, 0.25) is 5.91 Å². The molecule has 2 aromatic rings. The quantitative estimate of drug-likeness (QED) is 0.381. The van der Waals surface area contributed by atoms with E-state index in [-0.39, 0.29) is 59.2 Å². The highest BCUT2D eigenvalue weighted by Crippen LogP contribution is 2.30. The number of halogens is 1. The third-order valence-corrected chi connectivity index (χ3v) is 10.6. The number of aliphatic hydroxyl groups excluding tert-OH is 1. The maximum atomic E-state index is 14.3. The topological polar surface area (TPSA) is 125 Å². The van der Waals surface area contributed by atoms with E-state index in [1.165, 1.54) is 12.1 Å². The van der Waals surface area contributed by atoms with Crippen molar-refractivity contribution in [3.63, 3.8) is 0 Å². The number of aliphatic hydroxyl groups is 1. The molecule has 4 rings (SSSR count). The van der Waals surface area contributed by atoms with Crippen molar-refractivity contribution in [1.29, 1.82) is 0 Å². The van der Waals surface area contributed by atoms with Crippen LogP contribution in [0.3, 0.4) is 0 Å². The highest BCUT2D eigenvalue weighted by atomic mass is 32.2. The number of benzene rings is 2. The summed E-state index contributed by atoms with van der Waals surface area (Å²) in [6, 6.07) is 8.40. The van der Waals surface area contributed by atoms with Crippen LogP contribution in [-0.2, 0) is 19.6 Å². The van der Waals surface area contributed by atoms with Gasteiger partial charge in [0.25, 0.3) is 15.9 Å². The lowest BCUT2D eigenvalue weighted by Gasteiger charge is -2.36. The summed E-state index contributed by atoms with van der Waals surface area (Å²) in [7, 11) is -2.26. The zero-order valence-corrected chi connectivity index (χ0v) is 28.8. The molecule has 10 nitrogen and oxygen atoms in total. The van der Waals surface area contributed by atoms with E-state index < -0.39 is 27.8 Å². The molecule has 1 saturated carbocycles. The minimum absolute atomic E-state index is 0.0303. The molecule has 0 spiro atoms. The lowest BCUT2D eigenvalue weighted by molar-refractivity contribution is -0.137. The second-order valence-corrected chi connectivity index (χ2v) is 14.8. The van der Waals surface area contributed by atoms with E-state index in [0.717, 1.165) is 69.2 Å². The average molecular weight is 676 g/mol. The molecule has 2 aromatic carbocycles. The summed E-state index contributed by atoms with van der Waals surface area (Å²) in [6.45, 7) is 6.45. The Balaban J connectivity index is 1.64.